The Hall–Kier alpha value is -0.410. The van der Waals surface area contributed by atoms with Crippen molar-refractivity contribution in [3.63, 3.8) is 0 Å². The molecule has 0 spiro atoms. The van der Waals surface area contributed by atoms with Gasteiger partial charge in [0.25, 0.3) is 0 Å². The zero-order valence-corrected chi connectivity index (χ0v) is 14.2. The normalized spacial score (nSPS) is 12.5. The van der Waals surface area contributed by atoms with Crippen LogP contribution in [-0.2, 0) is 4.79 Å². The number of rotatable bonds is 16. The summed E-state index contributed by atoms with van der Waals surface area (Å²) >= 11 is 0. The lowest BCUT2D eigenvalue weighted by atomic mass is 10.0. The van der Waals surface area contributed by atoms with Crippen molar-refractivity contribution < 1.29 is 4.79 Å². The number of ketones is 1. The number of nitrogens with two attached hydrogens (primary N) is 2. The third-order valence-corrected chi connectivity index (χ3v) is 4.19. The van der Waals surface area contributed by atoms with E-state index < -0.39 is 6.04 Å². The summed E-state index contributed by atoms with van der Waals surface area (Å²) in [6, 6.07) is -0.442. The molecule has 4 N–H and O–H groups in total. The fraction of sp³-hybridized carbons (Fsp3) is 0.944. The van der Waals surface area contributed by atoms with Gasteiger partial charge in [-0.2, -0.15) is 0 Å². The SMILES string of the molecule is CCCCCCCCCCCCCCCC(=O)C(N)CN. The first-order valence-corrected chi connectivity index (χ1v) is 9.20. The maximum absolute atomic E-state index is 11.5. The van der Waals surface area contributed by atoms with Crippen molar-refractivity contribution >= 4 is 5.78 Å². The molecule has 3 nitrogen and oxygen atoms in total. The van der Waals surface area contributed by atoms with Crippen LogP contribution in [0.3, 0.4) is 0 Å². The van der Waals surface area contributed by atoms with Crippen LogP contribution in [0.1, 0.15) is 96.8 Å². The first-order chi connectivity index (χ1) is 10.2. The lowest BCUT2D eigenvalue weighted by Gasteiger charge is -2.07. The fourth-order valence-corrected chi connectivity index (χ4v) is 2.63. The minimum Gasteiger partial charge on any atom is -0.328 e. The average molecular weight is 299 g/mol. The van der Waals surface area contributed by atoms with Crippen LogP contribution < -0.4 is 11.5 Å². The monoisotopic (exact) mass is 298 g/mol. The molecule has 0 aromatic rings. The highest BCUT2D eigenvalue weighted by Gasteiger charge is 2.09. The van der Waals surface area contributed by atoms with E-state index in [0.29, 0.717) is 6.42 Å². The maximum Gasteiger partial charge on any atom is 0.150 e. The second-order valence-corrected chi connectivity index (χ2v) is 6.30. The van der Waals surface area contributed by atoms with Gasteiger partial charge >= 0.3 is 0 Å². The summed E-state index contributed by atoms with van der Waals surface area (Å²) in [6.45, 7) is 2.54. The molecule has 0 amide bonds. The molecule has 0 bridgehead atoms. The van der Waals surface area contributed by atoms with Crippen LogP contribution in [0.15, 0.2) is 0 Å². The molecule has 0 aliphatic rings. The predicted molar refractivity (Wildman–Crippen MR) is 92.3 cm³/mol. The van der Waals surface area contributed by atoms with Gasteiger partial charge in [0.05, 0.1) is 6.04 Å². The summed E-state index contributed by atoms with van der Waals surface area (Å²) in [7, 11) is 0. The van der Waals surface area contributed by atoms with Gasteiger partial charge in [0.1, 0.15) is 0 Å². The zero-order valence-electron chi connectivity index (χ0n) is 14.2. The van der Waals surface area contributed by atoms with Crippen LogP contribution in [0.5, 0.6) is 0 Å². The summed E-state index contributed by atoms with van der Waals surface area (Å²) in [5.74, 6) is 0.126. The summed E-state index contributed by atoms with van der Waals surface area (Å²) in [5.41, 5.74) is 11.0. The van der Waals surface area contributed by atoms with Gasteiger partial charge < -0.3 is 11.5 Å². The molecule has 0 aromatic carbocycles. The van der Waals surface area contributed by atoms with E-state index in [1.807, 2.05) is 0 Å². The number of unbranched alkanes of at least 4 members (excludes halogenated alkanes) is 12. The van der Waals surface area contributed by atoms with E-state index in [9.17, 15) is 4.79 Å². The number of hydrogen-bond acceptors (Lipinski definition) is 3. The van der Waals surface area contributed by atoms with Crippen LogP contribution in [0, 0.1) is 0 Å². The van der Waals surface area contributed by atoms with Crippen molar-refractivity contribution in [3.05, 3.63) is 0 Å². The van der Waals surface area contributed by atoms with E-state index in [1.54, 1.807) is 0 Å². The van der Waals surface area contributed by atoms with Gasteiger partial charge in [-0.05, 0) is 6.42 Å². The van der Waals surface area contributed by atoms with E-state index in [0.717, 1.165) is 12.8 Å². The molecule has 0 saturated heterocycles. The number of Topliss-reactive ketones (excluding diaryl/α,β-unsaturated/α-hetero) is 1. The zero-order chi connectivity index (χ0) is 15.8. The molecule has 21 heavy (non-hydrogen) atoms. The number of carbonyl (C=O) groups excluding carboxylic acids is 1. The Morgan fingerprint density at radius 1 is 0.762 bits per heavy atom. The second-order valence-electron chi connectivity index (χ2n) is 6.30. The van der Waals surface area contributed by atoms with Crippen LogP contribution in [0.2, 0.25) is 0 Å². The van der Waals surface area contributed by atoms with E-state index in [4.69, 9.17) is 11.5 Å². The molecule has 0 heterocycles. The highest BCUT2D eigenvalue weighted by atomic mass is 16.1. The molecular weight excluding hydrogens is 260 g/mol. The van der Waals surface area contributed by atoms with Crippen molar-refractivity contribution in [2.45, 2.75) is 103 Å². The fourth-order valence-electron chi connectivity index (χ4n) is 2.63. The summed E-state index contributed by atoms with van der Waals surface area (Å²) in [5, 5.41) is 0. The van der Waals surface area contributed by atoms with E-state index in [1.165, 1.54) is 70.6 Å². The Balaban J connectivity index is 3.11. The highest BCUT2D eigenvalue weighted by Crippen LogP contribution is 2.13. The van der Waals surface area contributed by atoms with E-state index in [2.05, 4.69) is 6.92 Å². The van der Waals surface area contributed by atoms with Crippen molar-refractivity contribution in [3.8, 4) is 0 Å². The Morgan fingerprint density at radius 3 is 1.52 bits per heavy atom. The minimum atomic E-state index is -0.442. The number of hydrogen-bond donors (Lipinski definition) is 2. The first-order valence-electron chi connectivity index (χ1n) is 9.20. The molecule has 126 valence electrons. The average Bonchev–Trinajstić information content (AvgIpc) is 2.50. The topological polar surface area (TPSA) is 69.1 Å². The molecule has 0 aromatic heterocycles. The van der Waals surface area contributed by atoms with Gasteiger partial charge in [0.2, 0.25) is 0 Å². The van der Waals surface area contributed by atoms with Crippen molar-refractivity contribution in [2.24, 2.45) is 11.5 Å². The molecule has 0 saturated carbocycles. The molecular formula is C18H38N2O. The van der Waals surface area contributed by atoms with Crippen LogP contribution in [-0.4, -0.2) is 18.4 Å². The lowest BCUT2D eigenvalue weighted by molar-refractivity contribution is -0.120. The van der Waals surface area contributed by atoms with Gasteiger partial charge in [0.15, 0.2) is 5.78 Å². The molecule has 1 unspecified atom stereocenters. The molecule has 3 heteroatoms. The smallest absolute Gasteiger partial charge is 0.150 e. The Morgan fingerprint density at radius 2 is 1.14 bits per heavy atom. The standard InChI is InChI=1S/C18H38N2O/c1-2-3-4-5-6-7-8-9-10-11-12-13-14-15-18(21)17(20)16-19/h17H,2-16,19-20H2,1H3. The summed E-state index contributed by atoms with van der Waals surface area (Å²) in [6.07, 6.45) is 17.8. The molecule has 0 fully saturated rings. The Bertz CT molecular complexity index is 231. The summed E-state index contributed by atoms with van der Waals surface area (Å²) < 4.78 is 0. The van der Waals surface area contributed by atoms with Crippen LogP contribution >= 0.6 is 0 Å². The van der Waals surface area contributed by atoms with Crippen molar-refractivity contribution in [2.75, 3.05) is 6.54 Å². The third-order valence-electron chi connectivity index (χ3n) is 4.19. The second kappa shape index (κ2) is 16.0. The van der Waals surface area contributed by atoms with Gasteiger partial charge in [-0.3, -0.25) is 4.79 Å². The Labute approximate surface area is 132 Å². The van der Waals surface area contributed by atoms with Gasteiger partial charge in [0, 0.05) is 13.0 Å². The highest BCUT2D eigenvalue weighted by molar-refractivity contribution is 5.83. The minimum absolute atomic E-state index is 0.126. The van der Waals surface area contributed by atoms with Gasteiger partial charge in [-0.1, -0.05) is 84.0 Å². The third kappa shape index (κ3) is 14.3. The Kier molecular flexibility index (Phi) is 15.7. The molecule has 0 aliphatic heterocycles. The van der Waals surface area contributed by atoms with Crippen molar-refractivity contribution in [1.29, 1.82) is 0 Å². The van der Waals surface area contributed by atoms with Crippen LogP contribution in [0.25, 0.3) is 0 Å². The first kappa shape index (κ1) is 20.6. The summed E-state index contributed by atoms with van der Waals surface area (Å²) in [4.78, 5) is 11.5. The lowest BCUT2D eigenvalue weighted by Crippen LogP contribution is -2.37. The molecule has 0 aliphatic carbocycles. The van der Waals surface area contributed by atoms with Crippen LogP contribution in [0.4, 0.5) is 0 Å². The largest absolute Gasteiger partial charge is 0.328 e. The number of carbonyl (C=O) groups is 1. The predicted octanol–water partition coefficient (Wildman–Crippen LogP) is 4.32. The van der Waals surface area contributed by atoms with Gasteiger partial charge in [-0.15, -0.1) is 0 Å². The molecule has 0 radical (unpaired) electrons. The van der Waals surface area contributed by atoms with E-state index >= 15 is 0 Å². The van der Waals surface area contributed by atoms with Gasteiger partial charge in [-0.25, -0.2) is 0 Å². The molecule has 0 rings (SSSR count). The van der Waals surface area contributed by atoms with Crippen molar-refractivity contribution in [1.82, 2.24) is 0 Å². The quantitative estimate of drug-likeness (QED) is 0.417. The van der Waals surface area contributed by atoms with E-state index in [-0.39, 0.29) is 12.3 Å². The molecule has 1 atom stereocenters. The maximum atomic E-state index is 11.5.